The number of furan rings is 1. The molecule has 7 aromatic carbocycles. The van der Waals surface area contributed by atoms with E-state index in [0.717, 1.165) is 55.0 Å². The molecule has 3 heterocycles. The van der Waals surface area contributed by atoms with E-state index in [4.69, 9.17) is 14.4 Å². The molecule has 0 aliphatic rings. The highest BCUT2D eigenvalue weighted by molar-refractivity contribution is 7.26. The molecule has 3 nitrogen and oxygen atoms in total. The van der Waals surface area contributed by atoms with Crippen LogP contribution in [0, 0.1) is 0 Å². The first kappa shape index (κ1) is 25.5. The van der Waals surface area contributed by atoms with Crippen LogP contribution in [0.1, 0.15) is 0 Å². The minimum absolute atomic E-state index is 0.689. The van der Waals surface area contributed by atoms with Gasteiger partial charge in [-0.25, -0.2) is 9.97 Å². The molecule has 0 spiro atoms. The lowest BCUT2D eigenvalue weighted by atomic mass is 9.94. The van der Waals surface area contributed by atoms with Gasteiger partial charge in [0, 0.05) is 52.8 Å². The van der Waals surface area contributed by atoms with Crippen LogP contribution in [-0.2, 0) is 0 Å². The van der Waals surface area contributed by atoms with E-state index in [2.05, 4.69) is 140 Å². The zero-order valence-electron chi connectivity index (χ0n) is 24.6. The van der Waals surface area contributed by atoms with Gasteiger partial charge in [-0.1, -0.05) is 121 Å². The Kier molecular flexibility index (Phi) is 5.45. The van der Waals surface area contributed by atoms with Crippen LogP contribution < -0.4 is 0 Å². The van der Waals surface area contributed by atoms with E-state index in [1.54, 1.807) is 0 Å². The van der Waals surface area contributed by atoms with Crippen molar-refractivity contribution in [3.05, 3.63) is 146 Å². The Balaban J connectivity index is 1.29. The fourth-order valence-corrected chi connectivity index (χ4v) is 8.24. The van der Waals surface area contributed by atoms with Gasteiger partial charge in [0.25, 0.3) is 0 Å². The van der Waals surface area contributed by atoms with Crippen LogP contribution in [0.3, 0.4) is 0 Å². The van der Waals surface area contributed by atoms with Crippen LogP contribution in [0.4, 0.5) is 0 Å². The number of para-hydroxylation sites is 1. The fourth-order valence-electron chi connectivity index (χ4n) is 7.03. The van der Waals surface area contributed by atoms with Crippen molar-refractivity contribution in [3.8, 4) is 33.8 Å². The van der Waals surface area contributed by atoms with Crippen molar-refractivity contribution in [3.63, 3.8) is 0 Å². The van der Waals surface area contributed by atoms with Crippen LogP contribution in [0.15, 0.2) is 150 Å². The number of hydrogen-bond donors (Lipinski definition) is 0. The van der Waals surface area contributed by atoms with Crippen LogP contribution in [0.25, 0.3) is 97.6 Å². The molecule has 0 aliphatic carbocycles. The molecule has 0 bridgehead atoms. The summed E-state index contributed by atoms with van der Waals surface area (Å²) in [7, 11) is 0. The van der Waals surface area contributed by atoms with E-state index >= 15 is 0 Å². The van der Waals surface area contributed by atoms with Gasteiger partial charge in [0.05, 0.1) is 11.2 Å². The average Bonchev–Trinajstić information content (AvgIpc) is 3.70. The second kappa shape index (κ2) is 9.83. The summed E-state index contributed by atoms with van der Waals surface area (Å²) < 4.78 is 9.18. The van der Waals surface area contributed by atoms with Gasteiger partial charge < -0.3 is 4.42 Å². The topological polar surface area (TPSA) is 38.9 Å². The van der Waals surface area contributed by atoms with Gasteiger partial charge in [-0.2, -0.15) is 0 Å². The smallest absolute Gasteiger partial charge is 0.161 e. The Morgan fingerprint density at radius 2 is 1.17 bits per heavy atom. The minimum atomic E-state index is 0.689. The van der Waals surface area contributed by atoms with Gasteiger partial charge in [-0.05, 0) is 40.8 Å². The number of thiophene rings is 1. The minimum Gasteiger partial charge on any atom is -0.455 e. The molecule has 10 aromatic rings. The average molecular weight is 605 g/mol. The Bertz CT molecular complexity index is 2810. The second-order valence-corrected chi connectivity index (χ2v) is 12.7. The van der Waals surface area contributed by atoms with Crippen molar-refractivity contribution in [2.24, 2.45) is 0 Å². The van der Waals surface area contributed by atoms with Crippen molar-refractivity contribution in [1.82, 2.24) is 9.97 Å². The molecule has 46 heavy (non-hydrogen) atoms. The van der Waals surface area contributed by atoms with Crippen LogP contribution >= 0.6 is 11.3 Å². The summed E-state index contributed by atoms with van der Waals surface area (Å²) in [5.41, 5.74) is 8.01. The number of hydrogen-bond acceptors (Lipinski definition) is 4. The van der Waals surface area contributed by atoms with Crippen LogP contribution in [-0.4, -0.2) is 9.97 Å². The normalized spacial score (nSPS) is 11.9. The highest BCUT2D eigenvalue weighted by atomic mass is 32.1. The molecular formula is C42H24N2OS. The van der Waals surface area contributed by atoms with Gasteiger partial charge in [-0.3, -0.25) is 0 Å². The predicted molar refractivity (Wildman–Crippen MR) is 194 cm³/mol. The maximum absolute atomic E-state index is 6.66. The third-order valence-electron chi connectivity index (χ3n) is 9.09. The monoisotopic (exact) mass is 604 g/mol. The Hall–Kier alpha value is -5.84. The first-order valence-corrected chi connectivity index (χ1v) is 16.2. The number of nitrogens with zero attached hydrogens (tertiary/aromatic N) is 2. The van der Waals surface area contributed by atoms with E-state index in [9.17, 15) is 0 Å². The lowest BCUT2D eigenvalue weighted by Gasteiger charge is -2.11. The van der Waals surface area contributed by atoms with Gasteiger partial charge in [0.15, 0.2) is 5.82 Å². The first-order chi connectivity index (χ1) is 22.8. The lowest BCUT2D eigenvalue weighted by Crippen LogP contribution is -1.95. The molecule has 4 heteroatoms. The standard InChI is InChI=1S/C42H24N2OS/c1-2-12-25(13-3-1)33-24-34-38-31(19-11-22-36(38)45-40(34)28-16-5-4-14-26(28)33)42-43-35-21-8-6-17-30(35)39(44-42)32-20-10-18-29-27-15-7-9-23-37(27)46-41(29)32/h1-24H. The highest BCUT2D eigenvalue weighted by Crippen LogP contribution is 2.44. The zero-order valence-corrected chi connectivity index (χ0v) is 25.4. The quantitative estimate of drug-likeness (QED) is 0.201. The molecule has 0 fully saturated rings. The van der Waals surface area contributed by atoms with E-state index < -0.39 is 0 Å². The summed E-state index contributed by atoms with van der Waals surface area (Å²) in [5, 5.41) is 7.93. The molecule has 10 rings (SSSR count). The molecule has 0 saturated carbocycles. The maximum Gasteiger partial charge on any atom is 0.161 e. The number of aromatic nitrogens is 2. The van der Waals surface area contributed by atoms with E-state index in [-0.39, 0.29) is 0 Å². The molecule has 3 aromatic heterocycles. The fraction of sp³-hybridized carbons (Fsp3) is 0. The molecule has 0 N–H and O–H groups in total. The number of rotatable bonds is 3. The predicted octanol–water partition coefficient (Wildman–Crippen LogP) is 12.1. The molecule has 0 atom stereocenters. The summed E-state index contributed by atoms with van der Waals surface area (Å²) >= 11 is 1.82. The largest absolute Gasteiger partial charge is 0.455 e. The van der Waals surface area contributed by atoms with Gasteiger partial charge >= 0.3 is 0 Å². The molecule has 0 saturated heterocycles. The van der Waals surface area contributed by atoms with Crippen molar-refractivity contribution < 1.29 is 4.42 Å². The third kappa shape index (κ3) is 3.71. The Morgan fingerprint density at radius 3 is 2.07 bits per heavy atom. The third-order valence-corrected chi connectivity index (χ3v) is 10.3. The van der Waals surface area contributed by atoms with Crippen LogP contribution in [0.5, 0.6) is 0 Å². The highest BCUT2D eigenvalue weighted by Gasteiger charge is 2.21. The van der Waals surface area contributed by atoms with Crippen LogP contribution in [0.2, 0.25) is 0 Å². The summed E-state index contributed by atoms with van der Waals surface area (Å²) in [6, 6.07) is 51.1. The molecule has 0 aliphatic heterocycles. The SMILES string of the molecule is c1ccc(-c2cc3c(oc4cccc(-c5nc(-c6cccc7c6sc6ccccc67)c6ccccc6n5)c43)c3ccccc23)cc1. The van der Waals surface area contributed by atoms with E-state index in [1.807, 2.05) is 17.4 Å². The van der Waals surface area contributed by atoms with E-state index in [0.29, 0.717) is 5.82 Å². The molecule has 0 radical (unpaired) electrons. The molecular weight excluding hydrogens is 581 g/mol. The number of benzene rings is 7. The summed E-state index contributed by atoms with van der Waals surface area (Å²) in [4.78, 5) is 10.6. The van der Waals surface area contributed by atoms with Gasteiger partial charge in [0.2, 0.25) is 0 Å². The van der Waals surface area contributed by atoms with Gasteiger partial charge in [0.1, 0.15) is 11.2 Å². The summed E-state index contributed by atoms with van der Waals surface area (Å²) in [6.45, 7) is 0. The number of fused-ring (bicyclic) bond motifs is 9. The molecule has 214 valence electrons. The molecule has 0 amide bonds. The summed E-state index contributed by atoms with van der Waals surface area (Å²) in [5.74, 6) is 0.689. The Morgan fingerprint density at radius 1 is 0.478 bits per heavy atom. The van der Waals surface area contributed by atoms with Crippen molar-refractivity contribution in [2.75, 3.05) is 0 Å². The zero-order chi connectivity index (χ0) is 30.2. The molecule has 0 unspecified atom stereocenters. The van der Waals surface area contributed by atoms with Gasteiger partial charge in [-0.15, -0.1) is 11.3 Å². The maximum atomic E-state index is 6.66. The Labute approximate surface area is 268 Å². The van der Waals surface area contributed by atoms with Crippen molar-refractivity contribution >= 4 is 75.1 Å². The second-order valence-electron chi connectivity index (χ2n) is 11.7. The van der Waals surface area contributed by atoms with Crippen molar-refractivity contribution in [2.45, 2.75) is 0 Å². The van der Waals surface area contributed by atoms with Crippen molar-refractivity contribution in [1.29, 1.82) is 0 Å². The first-order valence-electron chi connectivity index (χ1n) is 15.4. The lowest BCUT2D eigenvalue weighted by molar-refractivity contribution is 0.673. The van der Waals surface area contributed by atoms with E-state index in [1.165, 1.54) is 36.7 Å². The summed E-state index contributed by atoms with van der Waals surface area (Å²) in [6.07, 6.45) is 0.